The summed E-state index contributed by atoms with van der Waals surface area (Å²) in [6.45, 7) is 0.158. The summed E-state index contributed by atoms with van der Waals surface area (Å²) in [6, 6.07) is 165. The van der Waals surface area contributed by atoms with Crippen molar-refractivity contribution in [3.63, 3.8) is 0 Å². The normalized spacial score (nSPS) is 13.1. The highest BCUT2D eigenvalue weighted by atomic mass is 16.3. The molecule has 6 aliphatic heterocycles. The molecule has 12 heterocycles. The third-order valence-corrected chi connectivity index (χ3v) is 30.5. The fourth-order valence-corrected chi connectivity index (χ4v) is 24.9. The standard InChI is InChI=1S/3C42H25BN2O/c1-2-12-26(13-3-1)44-36-20-10-6-16-29(36)32-25-40-33(24-39(32)44)30-22-23-38-41(42(30)46-40)31-17-5-9-19-35(31)43-34-18-8-4-14-27(34)28-15-7-11-21-37(28)45(38)43;1-2-12-26(13-3-1)44-35-19-9-5-17-30(35)32-25-40-33(24-38(32)44)41-39(46-40)23-22-31-29-16-7-11-21-37(29)45-36-20-10-6-15-28(36)27-14-4-8-18-34(27)43(45)42(31)41;1-2-12-26(13-3-1)44-37-20-10-6-17-30(37)32-25-42-33(22-39(32)44)34-23-40-31(24-41(34)46-42)28-15-5-9-19-36(28)43-35-18-8-4-14-27(35)29-16-7-11-21-38(29)45(40)43/h3*1-25H. The Balaban J connectivity index is 0.0000000959. The molecular weight excluding hydrogens is 1680 g/mol. The molecular formula is C126H75B3N6O3. The van der Waals surface area contributed by atoms with Gasteiger partial charge in [-0.3, -0.25) is 0 Å². The molecule has 0 aliphatic carbocycles. The summed E-state index contributed by atoms with van der Waals surface area (Å²) in [5, 5.41) is 14.1. The molecule has 0 spiro atoms. The van der Waals surface area contributed by atoms with Crippen molar-refractivity contribution in [2.45, 2.75) is 0 Å². The quantitative estimate of drug-likeness (QED) is 0.164. The molecule has 6 aromatic heterocycles. The molecule has 0 atom stereocenters. The maximum atomic E-state index is 6.98. The smallest absolute Gasteiger partial charge is 0.330 e. The van der Waals surface area contributed by atoms with Crippen molar-refractivity contribution < 1.29 is 13.3 Å². The van der Waals surface area contributed by atoms with Gasteiger partial charge in [0.15, 0.2) is 0 Å². The number of hydrogen-bond donors (Lipinski definition) is 0. The van der Waals surface area contributed by atoms with Gasteiger partial charge in [0, 0.05) is 149 Å². The molecule has 0 saturated carbocycles. The number of benzene rings is 21. The monoisotopic (exact) mass is 1750 g/mol. The molecule has 21 aromatic carbocycles. The van der Waals surface area contributed by atoms with Crippen LogP contribution in [0.4, 0.5) is 34.1 Å². The molecule has 0 bridgehead atoms. The van der Waals surface area contributed by atoms with E-state index >= 15 is 0 Å². The molecule has 9 nitrogen and oxygen atoms in total. The predicted octanol–water partition coefficient (Wildman–Crippen LogP) is 28.8. The summed E-state index contributed by atoms with van der Waals surface area (Å²) < 4.78 is 27.7. The van der Waals surface area contributed by atoms with Crippen LogP contribution in [0.5, 0.6) is 0 Å². The Bertz CT molecular complexity index is 9960. The van der Waals surface area contributed by atoms with Crippen molar-refractivity contribution in [2.24, 2.45) is 0 Å². The molecule has 0 N–H and O–H groups in total. The molecule has 0 fully saturated rings. The second-order valence-electron chi connectivity index (χ2n) is 37.4. The molecule has 138 heavy (non-hydrogen) atoms. The van der Waals surface area contributed by atoms with E-state index in [2.05, 4.69) is 483 Å². The lowest BCUT2D eigenvalue weighted by Gasteiger charge is -2.43. The van der Waals surface area contributed by atoms with E-state index in [1.54, 1.807) is 0 Å². The van der Waals surface area contributed by atoms with Gasteiger partial charge in [-0.15, -0.1) is 0 Å². The van der Waals surface area contributed by atoms with E-state index in [-0.39, 0.29) is 20.5 Å². The Labute approximate surface area is 793 Å². The van der Waals surface area contributed by atoms with Crippen molar-refractivity contribution in [3.8, 4) is 83.8 Å². The zero-order valence-electron chi connectivity index (χ0n) is 74.4. The summed E-state index contributed by atoms with van der Waals surface area (Å²) >= 11 is 0. The van der Waals surface area contributed by atoms with Gasteiger partial charge in [-0.05, 0) is 212 Å². The fraction of sp³-hybridized carbons (Fsp3) is 0. The van der Waals surface area contributed by atoms with Gasteiger partial charge in [-0.25, -0.2) is 0 Å². The molecule has 0 unspecified atom stereocenters. The Morgan fingerprint density at radius 3 is 0.964 bits per heavy atom. The van der Waals surface area contributed by atoms with Gasteiger partial charge in [0.1, 0.15) is 33.5 Å². The van der Waals surface area contributed by atoms with E-state index < -0.39 is 0 Å². The van der Waals surface area contributed by atoms with Crippen LogP contribution in [-0.4, -0.2) is 34.2 Å². The molecule has 33 rings (SSSR count). The van der Waals surface area contributed by atoms with E-state index in [0.29, 0.717) is 0 Å². The predicted molar refractivity (Wildman–Crippen MR) is 578 cm³/mol. The topological polar surface area (TPSA) is 63.9 Å². The highest BCUT2D eigenvalue weighted by Crippen LogP contribution is 2.55. The molecule has 6 aliphatic rings. The molecule has 0 amide bonds. The van der Waals surface area contributed by atoms with E-state index in [4.69, 9.17) is 13.3 Å². The first kappa shape index (κ1) is 75.5. The van der Waals surface area contributed by atoms with Gasteiger partial charge in [0.25, 0.3) is 0 Å². The third-order valence-electron chi connectivity index (χ3n) is 30.5. The Morgan fingerprint density at radius 1 is 0.167 bits per heavy atom. The number of fused-ring (bicyclic) bond motifs is 53. The highest BCUT2D eigenvalue weighted by molar-refractivity contribution is 6.95. The minimum atomic E-state index is -0.00354. The summed E-state index contributed by atoms with van der Waals surface area (Å²) in [5.74, 6) is 0. The van der Waals surface area contributed by atoms with Crippen LogP contribution < -0.4 is 47.2 Å². The first-order chi connectivity index (χ1) is 68.5. The number of nitrogens with zero attached hydrogens (tertiary/aromatic N) is 6. The molecule has 12 heteroatoms. The van der Waals surface area contributed by atoms with Crippen molar-refractivity contribution in [1.29, 1.82) is 0 Å². The first-order valence-electron chi connectivity index (χ1n) is 47.7. The van der Waals surface area contributed by atoms with Gasteiger partial charge in [-0.2, -0.15) is 0 Å². The first-order valence-corrected chi connectivity index (χ1v) is 47.7. The summed E-state index contributed by atoms with van der Waals surface area (Å²) in [5.41, 5.74) is 46.5. The lowest BCUT2D eigenvalue weighted by molar-refractivity contribution is 0.669. The number of rotatable bonds is 3. The van der Waals surface area contributed by atoms with Crippen molar-refractivity contribution in [2.75, 3.05) is 14.4 Å². The minimum Gasteiger partial charge on any atom is -0.456 e. The largest absolute Gasteiger partial charge is 0.456 e. The molecule has 0 saturated heterocycles. The number of hydrogen-bond acceptors (Lipinski definition) is 6. The van der Waals surface area contributed by atoms with E-state index in [1.165, 1.54) is 199 Å². The average Bonchev–Trinajstić information content (AvgIpc) is 1.45. The van der Waals surface area contributed by atoms with Crippen LogP contribution in [0.15, 0.2) is 468 Å². The third kappa shape index (κ3) is 10.5. The van der Waals surface area contributed by atoms with Crippen molar-refractivity contribution in [1.82, 2.24) is 13.7 Å². The zero-order chi connectivity index (χ0) is 89.8. The van der Waals surface area contributed by atoms with Crippen LogP contribution in [0.3, 0.4) is 0 Å². The average molecular weight is 1750 g/mol. The summed E-state index contributed by atoms with van der Waals surface area (Å²) in [7, 11) is 0. The number of anilines is 6. The Hall–Kier alpha value is -18.0. The Morgan fingerprint density at radius 2 is 0.493 bits per heavy atom. The molecule has 636 valence electrons. The van der Waals surface area contributed by atoms with Crippen molar-refractivity contribution >= 4 is 219 Å². The van der Waals surface area contributed by atoms with E-state index in [1.807, 2.05) is 0 Å². The second-order valence-corrected chi connectivity index (χ2v) is 37.4. The van der Waals surface area contributed by atoms with Crippen LogP contribution in [0, 0.1) is 0 Å². The maximum absolute atomic E-state index is 6.98. The summed E-state index contributed by atoms with van der Waals surface area (Å²) in [6.07, 6.45) is 0. The molecule has 0 radical (unpaired) electrons. The lowest BCUT2D eigenvalue weighted by Crippen LogP contribution is -2.59. The second kappa shape index (κ2) is 28.8. The number of aromatic nitrogens is 3. The van der Waals surface area contributed by atoms with Crippen LogP contribution in [0.2, 0.25) is 0 Å². The minimum absolute atomic E-state index is 0.00354. The van der Waals surface area contributed by atoms with Crippen LogP contribution >= 0.6 is 0 Å². The molecule has 27 aromatic rings. The van der Waals surface area contributed by atoms with Gasteiger partial charge >= 0.3 is 20.5 Å². The highest BCUT2D eigenvalue weighted by Gasteiger charge is 2.47. The van der Waals surface area contributed by atoms with Gasteiger partial charge in [0.05, 0.1) is 33.1 Å². The van der Waals surface area contributed by atoms with Crippen molar-refractivity contribution in [3.05, 3.63) is 455 Å². The van der Waals surface area contributed by atoms with E-state index in [0.717, 1.165) is 83.1 Å². The fourth-order valence-electron chi connectivity index (χ4n) is 24.9. The Kier molecular flexibility index (Phi) is 15.8. The van der Waals surface area contributed by atoms with Crippen LogP contribution in [-0.2, 0) is 0 Å². The maximum Gasteiger partial charge on any atom is 0.330 e. The van der Waals surface area contributed by atoms with Gasteiger partial charge < -0.3 is 41.4 Å². The van der Waals surface area contributed by atoms with Gasteiger partial charge in [0.2, 0.25) is 0 Å². The van der Waals surface area contributed by atoms with Crippen LogP contribution in [0.25, 0.3) is 215 Å². The van der Waals surface area contributed by atoms with E-state index in [9.17, 15) is 0 Å². The number of para-hydroxylation sites is 10. The lowest BCUT2D eigenvalue weighted by atomic mass is 9.42. The number of furan rings is 3. The zero-order valence-corrected chi connectivity index (χ0v) is 74.4. The van der Waals surface area contributed by atoms with Gasteiger partial charge in [-0.1, -0.05) is 309 Å². The van der Waals surface area contributed by atoms with Crippen LogP contribution in [0.1, 0.15) is 0 Å². The SMILES string of the molecule is c1ccc(-n2c3ccccc3c3cc4oc5c6c(ccc5c4cc32)N2B(c3ccccc3-c3ccccc32)c2ccccc2-6)cc1.c1ccc(-n2c3ccccc3c3cc4oc5cc6c(cc5c4cc32)N2B(c3ccccc3-c3ccccc32)c2ccccc2-6)cc1.c1ccc(-n2c3ccccc3c3cc4oc5ccc6c(c5c4cc32)B2c3ccccc3-c3ccccc3N2c2ccccc2-6)cc1. The summed E-state index contributed by atoms with van der Waals surface area (Å²) in [4.78, 5) is 7.66.